The second-order valence-electron chi connectivity index (χ2n) is 8.53. The van der Waals surface area contributed by atoms with E-state index in [-0.39, 0.29) is 11.7 Å². The number of thiazole rings is 1. The molecule has 4 nitrogen and oxygen atoms in total. The van der Waals surface area contributed by atoms with Gasteiger partial charge in [0.25, 0.3) is 5.19 Å². The van der Waals surface area contributed by atoms with E-state index < -0.39 is 0 Å². The third-order valence-electron chi connectivity index (χ3n) is 6.49. The van der Waals surface area contributed by atoms with Crippen LogP contribution >= 0.6 is 11.3 Å². The monoisotopic (exact) mass is 424 g/mol. The Balaban J connectivity index is 1.17. The molecular weight excluding hydrogens is 399 g/mol. The summed E-state index contributed by atoms with van der Waals surface area (Å²) in [6, 6.07) is 13.7. The Hall–Kier alpha value is -2.47. The van der Waals surface area contributed by atoms with E-state index in [0.717, 1.165) is 29.7 Å². The van der Waals surface area contributed by atoms with Crippen LogP contribution in [-0.2, 0) is 11.2 Å². The van der Waals surface area contributed by atoms with Crippen molar-refractivity contribution in [1.29, 1.82) is 0 Å². The van der Waals surface area contributed by atoms with E-state index in [0.29, 0.717) is 28.7 Å². The molecule has 0 radical (unpaired) electrons. The van der Waals surface area contributed by atoms with Crippen LogP contribution in [0.1, 0.15) is 44.6 Å². The van der Waals surface area contributed by atoms with Crippen molar-refractivity contribution in [3.8, 4) is 10.9 Å². The first kappa shape index (κ1) is 19.5. The zero-order valence-corrected chi connectivity index (χ0v) is 17.8. The van der Waals surface area contributed by atoms with E-state index in [9.17, 15) is 9.18 Å². The standard InChI is InChI=1S/C24H25FN2O2S/c1-15(28)27-19-7-8-20(27)13-17(12-19)3-2-16-4-9-21(10-5-16)29-24-26-22-14-18(25)6-11-23(22)30-24/h4-6,9-11,14,17,19-20H,2-3,7-8,12-13H2,1H3/t17?,19-,20+. The molecule has 1 aromatic heterocycles. The summed E-state index contributed by atoms with van der Waals surface area (Å²) in [6.45, 7) is 1.71. The topological polar surface area (TPSA) is 42.4 Å². The van der Waals surface area contributed by atoms with Crippen LogP contribution in [0.25, 0.3) is 10.2 Å². The molecule has 3 atom stereocenters. The number of hydrogen-bond donors (Lipinski definition) is 0. The molecule has 2 aromatic carbocycles. The van der Waals surface area contributed by atoms with E-state index in [1.807, 2.05) is 12.1 Å². The first-order valence-corrected chi connectivity index (χ1v) is 11.5. The molecule has 30 heavy (non-hydrogen) atoms. The second kappa shape index (κ2) is 7.99. The van der Waals surface area contributed by atoms with Gasteiger partial charge in [-0.05, 0) is 74.3 Å². The molecule has 0 N–H and O–H groups in total. The molecule has 0 spiro atoms. The zero-order chi connectivity index (χ0) is 20.7. The van der Waals surface area contributed by atoms with Crippen LogP contribution in [0.15, 0.2) is 42.5 Å². The summed E-state index contributed by atoms with van der Waals surface area (Å²) in [5.41, 5.74) is 1.92. The van der Waals surface area contributed by atoms with Crippen molar-refractivity contribution in [2.75, 3.05) is 0 Å². The van der Waals surface area contributed by atoms with E-state index in [4.69, 9.17) is 4.74 Å². The Morgan fingerprint density at radius 2 is 1.90 bits per heavy atom. The van der Waals surface area contributed by atoms with Gasteiger partial charge in [0.2, 0.25) is 5.91 Å². The molecule has 1 unspecified atom stereocenters. The van der Waals surface area contributed by atoms with Crippen molar-refractivity contribution in [1.82, 2.24) is 9.88 Å². The van der Waals surface area contributed by atoms with Crippen LogP contribution in [0.4, 0.5) is 4.39 Å². The Kier molecular flexibility index (Phi) is 5.19. The number of amides is 1. The van der Waals surface area contributed by atoms with Crippen LogP contribution in [0.3, 0.4) is 0 Å². The summed E-state index contributed by atoms with van der Waals surface area (Å²) in [7, 11) is 0. The van der Waals surface area contributed by atoms with Crippen molar-refractivity contribution in [2.45, 2.75) is 57.5 Å². The maximum Gasteiger partial charge on any atom is 0.279 e. The number of piperidine rings is 1. The maximum absolute atomic E-state index is 13.3. The molecule has 156 valence electrons. The molecule has 2 saturated heterocycles. The minimum absolute atomic E-state index is 0.245. The SMILES string of the molecule is CC(=O)N1[C@@H]2CC[C@H]1CC(CCc1ccc(Oc3nc4cc(F)ccc4s3)cc1)C2. The molecule has 2 fully saturated rings. The van der Waals surface area contributed by atoms with Crippen molar-refractivity contribution < 1.29 is 13.9 Å². The quantitative estimate of drug-likeness (QED) is 0.508. The highest BCUT2D eigenvalue weighted by Gasteiger charge is 2.41. The van der Waals surface area contributed by atoms with Crippen LogP contribution in [0.2, 0.25) is 0 Å². The number of carbonyl (C=O) groups is 1. The highest BCUT2D eigenvalue weighted by molar-refractivity contribution is 7.20. The highest BCUT2D eigenvalue weighted by atomic mass is 32.1. The number of rotatable bonds is 5. The number of aryl methyl sites for hydroxylation is 1. The summed E-state index contributed by atoms with van der Waals surface area (Å²) >= 11 is 1.41. The van der Waals surface area contributed by atoms with Gasteiger partial charge in [-0.25, -0.2) is 9.37 Å². The van der Waals surface area contributed by atoms with Gasteiger partial charge in [0.05, 0.1) is 10.2 Å². The number of carbonyl (C=O) groups excluding carboxylic acids is 1. The van der Waals surface area contributed by atoms with Crippen molar-refractivity contribution in [3.05, 3.63) is 53.8 Å². The number of nitrogens with zero attached hydrogens (tertiary/aromatic N) is 2. The number of hydrogen-bond acceptors (Lipinski definition) is 4. The summed E-state index contributed by atoms with van der Waals surface area (Å²) < 4.78 is 20.1. The van der Waals surface area contributed by atoms with Crippen LogP contribution in [-0.4, -0.2) is 27.9 Å². The Morgan fingerprint density at radius 1 is 1.17 bits per heavy atom. The third kappa shape index (κ3) is 3.93. The van der Waals surface area contributed by atoms with Crippen molar-refractivity contribution in [3.63, 3.8) is 0 Å². The Morgan fingerprint density at radius 3 is 2.60 bits per heavy atom. The fraction of sp³-hybridized carbons (Fsp3) is 0.417. The lowest BCUT2D eigenvalue weighted by Crippen LogP contribution is -2.45. The van der Waals surface area contributed by atoms with Crippen LogP contribution in [0, 0.1) is 11.7 Å². The summed E-state index contributed by atoms with van der Waals surface area (Å²) in [6.07, 6.45) is 6.86. The van der Waals surface area contributed by atoms with Crippen LogP contribution < -0.4 is 4.74 Å². The lowest BCUT2D eigenvalue weighted by Gasteiger charge is -2.38. The van der Waals surface area contributed by atoms with Gasteiger partial charge in [-0.1, -0.05) is 23.5 Å². The van der Waals surface area contributed by atoms with E-state index in [1.165, 1.54) is 48.3 Å². The summed E-state index contributed by atoms with van der Waals surface area (Å²) in [5, 5.41) is 0.524. The van der Waals surface area contributed by atoms with Gasteiger partial charge >= 0.3 is 0 Å². The minimum Gasteiger partial charge on any atom is -0.431 e. The molecule has 2 aliphatic rings. The molecular formula is C24H25FN2O2S. The highest BCUT2D eigenvalue weighted by Crippen LogP contribution is 2.40. The number of ether oxygens (including phenoxy) is 1. The van der Waals surface area contributed by atoms with Gasteiger partial charge in [0.1, 0.15) is 11.6 Å². The molecule has 0 aliphatic carbocycles. The molecule has 0 saturated carbocycles. The fourth-order valence-corrected chi connectivity index (χ4v) is 5.97. The van der Waals surface area contributed by atoms with E-state index in [2.05, 4.69) is 22.0 Å². The normalized spacial score (nSPS) is 23.1. The first-order chi connectivity index (χ1) is 14.5. The Labute approximate surface area is 179 Å². The van der Waals surface area contributed by atoms with Crippen molar-refractivity contribution in [2.24, 2.45) is 5.92 Å². The largest absolute Gasteiger partial charge is 0.431 e. The van der Waals surface area contributed by atoms with E-state index >= 15 is 0 Å². The molecule has 3 heterocycles. The summed E-state index contributed by atoms with van der Waals surface area (Å²) in [4.78, 5) is 18.4. The Bertz CT molecular complexity index is 1050. The van der Waals surface area contributed by atoms with E-state index in [1.54, 1.807) is 13.0 Å². The lowest BCUT2D eigenvalue weighted by molar-refractivity contribution is -0.133. The van der Waals surface area contributed by atoms with Gasteiger partial charge in [0, 0.05) is 25.1 Å². The first-order valence-electron chi connectivity index (χ1n) is 10.7. The fourth-order valence-electron chi connectivity index (χ4n) is 5.16. The van der Waals surface area contributed by atoms with Crippen LogP contribution in [0.5, 0.6) is 10.9 Å². The number of benzene rings is 2. The van der Waals surface area contributed by atoms with Gasteiger partial charge < -0.3 is 9.64 Å². The molecule has 2 aliphatic heterocycles. The number of fused-ring (bicyclic) bond motifs is 3. The third-order valence-corrected chi connectivity index (χ3v) is 7.41. The zero-order valence-electron chi connectivity index (χ0n) is 17.0. The number of halogens is 1. The maximum atomic E-state index is 13.3. The molecule has 1 amide bonds. The minimum atomic E-state index is -0.288. The molecule has 6 heteroatoms. The van der Waals surface area contributed by atoms with Gasteiger partial charge in [0.15, 0.2) is 0 Å². The second-order valence-corrected chi connectivity index (χ2v) is 9.52. The predicted octanol–water partition coefficient (Wildman–Crippen LogP) is 5.95. The van der Waals surface area contributed by atoms with Crippen molar-refractivity contribution >= 4 is 27.5 Å². The predicted molar refractivity (Wildman–Crippen MR) is 116 cm³/mol. The lowest BCUT2D eigenvalue weighted by atomic mass is 9.86. The summed E-state index contributed by atoms with van der Waals surface area (Å²) in [5.74, 6) is 1.40. The van der Waals surface area contributed by atoms with Gasteiger partial charge in [-0.15, -0.1) is 0 Å². The molecule has 3 aromatic rings. The average molecular weight is 425 g/mol. The molecule has 5 rings (SSSR count). The van der Waals surface area contributed by atoms with Gasteiger partial charge in [-0.2, -0.15) is 0 Å². The average Bonchev–Trinajstić information content (AvgIpc) is 3.24. The molecule has 2 bridgehead atoms. The van der Waals surface area contributed by atoms with Gasteiger partial charge in [-0.3, -0.25) is 4.79 Å². The number of aromatic nitrogens is 1. The smallest absolute Gasteiger partial charge is 0.279 e.